The second-order valence-corrected chi connectivity index (χ2v) is 27.4. The Morgan fingerprint density at radius 2 is 1.70 bits per heavy atom. The number of ketones is 1. The summed E-state index contributed by atoms with van der Waals surface area (Å²) in [7, 11) is 5.17. The molecule has 438 valence electrons. The van der Waals surface area contributed by atoms with Gasteiger partial charge in [0.1, 0.15) is 18.3 Å². The van der Waals surface area contributed by atoms with E-state index >= 15 is 0 Å². The van der Waals surface area contributed by atoms with Crippen molar-refractivity contribution in [3.63, 3.8) is 0 Å². The number of Topliss-reactive ketones (excluding diaryl/α,β-unsaturated/α-hetero) is 1. The first-order chi connectivity index (χ1) is 39.1. The van der Waals surface area contributed by atoms with Crippen LogP contribution in [0.5, 0.6) is 28.7 Å². The van der Waals surface area contributed by atoms with Gasteiger partial charge in [-0.1, -0.05) is 77.3 Å². The lowest BCUT2D eigenvalue weighted by molar-refractivity contribution is -0.121. The highest BCUT2D eigenvalue weighted by Crippen LogP contribution is 2.63. The number of carbonyl (C=O) groups is 1. The number of aliphatic hydroxyl groups is 4. The summed E-state index contributed by atoms with van der Waals surface area (Å²) in [5.74, 6) is 16.4. The first-order valence-electron chi connectivity index (χ1n) is 29.6. The number of aliphatic imine (C=N–C) groups is 1. The van der Waals surface area contributed by atoms with E-state index in [0.717, 1.165) is 87.5 Å². The second kappa shape index (κ2) is 26.0. The van der Waals surface area contributed by atoms with Crippen molar-refractivity contribution in [3.8, 4) is 52.4 Å². The molecule has 11 unspecified atom stereocenters. The average molecular weight is 1150 g/mol. The number of aliphatic hydroxyl groups excluding tert-OH is 4. The standard InChI is InChI=1S/C64H84N4O11S2/c1-39(2)55-34-81-80-33-53-52-30-51-42-12-17-48(73)29-47(72)16-11-40-14-20-56(74)58(78-38-70)50(40)9-4-7-43(27-42)57(59(51)79-60(52)75)77-37-66-64(23-6-10-54(53)67-61(65)68-55)36-63(24-21-45(64)15-19-49(32-69)76-3)26-25-62(35-63)22-5-8-41-28-46(71)18-13-44(41)31-62/h13-14,18,20,27-28,39,45,48-49,52-55,60,66,69-71,73-75H,5,7-8,11-12,15-17,19,21-26,29-38H2,1-3H3,(H3,65,67,68). The van der Waals surface area contributed by atoms with Crippen molar-refractivity contribution in [2.75, 3.05) is 38.7 Å². The minimum atomic E-state index is -1.27. The highest BCUT2D eigenvalue weighted by atomic mass is 33.1. The van der Waals surface area contributed by atoms with Crippen LogP contribution in [0.15, 0.2) is 41.4 Å². The maximum atomic E-state index is 13.5. The van der Waals surface area contributed by atoms with E-state index in [4.69, 9.17) is 29.7 Å². The molecule has 81 heavy (non-hydrogen) atoms. The molecule has 8 aliphatic rings. The predicted octanol–water partition coefficient (Wildman–Crippen LogP) is 7.79. The Morgan fingerprint density at radius 1 is 0.877 bits per heavy atom. The number of phenolic OH excluding ortho intramolecular Hbond substituents is 2. The zero-order valence-electron chi connectivity index (χ0n) is 47.4. The Kier molecular flexibility index (Phi) is 19.0. The van der Waals surface area contributed by atoms with E-state index in [0.29, 0.717) is 77.8 Å². The molecule has 11 atom stereocenters. The zero-order valence-corrected chi connectivity index (χ0v) is 49.0. The van der Waals surface area contributed by atoms with Crippen LogP contribution in [0.3, 0.4) is 0 Å². The van der Waals surface area contributed by atoms with E-state index in [1.165, 1.54) is 17.2 Å². The summed E-state index contributed by atoms with van der Waals surface area (Å²) in [5.41, 5.74) is 12.6. The largest absolute Gasteiger partial charge is 0.508 e. The van der Waals surface area contributed by atoms with Gasteiger partial charge < -0.3 is 60.6 Å². The molecule has 6 bridgehead atoms. The normalized spacial score (nSPS) is 31.1. The molecule has 3 spiro atoms. The molecule has 4 aliphatic carbocycles. The molecule has 10 N–H and O–H groups in total. The number of nitrogens with one attached hydrogen (secondary N) is 2. The van der Waals surface area contributed by atoms with Gasteiger partial charge in [0, 0.05) is 72.8 Å². The summed E-state index contributed by atoms with van der Waals surface area (Å²) in [6.07, 6.45) is 11.5. The third kappa shape index (κ3) is 13.4. The summed E-state index contributed by atoms with van der Waals surface area (Å²) >= 11 is 0. The molecule has 3 aromatic carbocycles. The number of phenols is 2. The summed E-state index contributed by atoms with van der Waals surface area (Å²) < 4.78 is 25.4. The van der Waals surface area contributed by atoms with Crippen molar-refractivity contribution in [1.82, 2.24) is 10.6 Å². The van der Waals surface area contributed by atoms with Crippen LogP contribution in [0.25, 0.3) is 0 Å². The monoisotopic (exact) mass is 1150 g/mol. The minimum Gasteiger partial charge on any atom is -0.508 e. The van der Waals surface area contributed by atoms with Gasteiger partial charge in [-0.25, -0.2) is 4.99 Å². The highest BCUT2D eigenvalue weighted by molar-refractivity contribution is 8.76. The number of aromatic hydroxyl groups is 2. The fourth-order valence-corrected chi connectivity index (χ4v) is 17.8. The molecular formula is C64H84N4O11S2. The minimum absolute atomic E-state index is 0.00804. The van der Waals surface area contributed by atoms with Crippen molar-refractivity contribution < 1.29 is 54.4 Å². The molecule has 3 aromatic rings. The first kappa shape index (κ1) is 59.3. The number of guanidine groups is 1. The predicted molar refractivity (Wildman–Crippen MR) is 316 cm³/mol. The van der Waals surface area contributed by atoms with Gasteiger partial charge in [0.05, 0.1) is 36.5 Å². The Bertz CT molecular complexity index is 2910. The van der Waals surface area contributed by atoms with Crippen LogP contribution < -0.4 is 30.6 Å². The van der Waals surface area contributed by atoms with E-state index in [1.807, 2.05) is 12.1 Å². The highest BCUT2D eigenvalue weighted by Gasteiger charge is 2.56. The molecule has 0 saturated heterocycles. The van der Waals surface area contributed by atoms with Crippen molar-refractivity contribution in [2.45, 2.75) is 178 Å². The topological polar surface area (TPSA) is 238 Å². The Balaban J connectivity index is 1.11. The average Bonchev–Trinajstić information content (AvgIpc) is 3.94. The van der Waals surface area contributed by atoms with Gasteiger partial charge in [-0.05, 0) is 166 Å². The van der Waals surface area contributed by atoms with Crippen LogP contribution in [-0.4, -0.2) is 117 Å². The number of benzene rings is 3. The molecule has 11 rings (SSSR count). The summed E-state index contributed by atoms with van der Waals surface area (Å²) in [4.78, 5) is 18.5. The van der Waals surface area contributed by atoms with Gasteiger partial charge in [0.15, 0.2) is 35.8 Å². The van der Waals surface area contributed by atoms with Gasteiger partial charge in [-0.2, -0.15) is 0 Å². The van der Waals surface area contributed by atoms with E-state index in [9.17, 15) is 35.4 Å². The molecule has 0 radical (unpaired) electrons. The van der Waals surface area contributed by atoms with Gasteiger partial charge >= 0.3 is 0 Å². The van der Waals surface area contributed by atoms with Crippen LogP contribution in [0, 0.1) is 58.2 Å². The first-order valence-corrected chi connectivity index (χ1v) is 32.1. The van der Waals surface area contributed by atoms with Crippen molar-refractivity contribution >= 4 is 33.3 Å². The lowest BCUT2D eigenvalue weighted by Crippen LogP contribution is -2.58. The van der Waals surface area contributed by atoms with Crippen LogP contribution in [0.4, 0.5) is 0 Å². The SMILES string of the molecule is COC(CO)CCC1CCC2(CCC3(CCCc4cc(O)ccc4C3)C2)CC12CC#CC1NC(N)=NC(C(C)C)CSSCC1C1Cc3c4cc(c(c3OC1O)OCN2)CC#Cc1c(ccc(O)c1OCO)CCC(=O)CC(O)CC4. The Morgan fingerprint density at radius 3 is 2.52 bits per heavy atom. The molecule has 4 heterocycles. The van der Waals surface area contributed by atoms with Crippen molar-refractivity contribution in [2.24, 2.45) is 45.2 Å². The number of methoxy groups -OCH3 is 1. The number of aryl methyl sites for hydroxylation is 3. The Labute approximate surface area is 486 Å². The van der Waals surface area contributed by atoms with Gasteiger partial charge in [0.2, 0.25) is 6.29 Å². The van der Waals surface area contributed by atoms with Gasteiger partial charge in [0.25, 0.3) is 0 Å². The molecular weight excluding hydrogens is 1060 g/mol. The number of nitrogens with zero attached hydrogens (tertiary/aromatic N) is 1. The molecule has 2 saturated carbocycles. The van der Waals surface area contributed by atoms with Crippen LogP contribution in [0.1, 0.15) is 143 Å². The number of nitrogens with two attached hydrogens (primary N) is 1. The fraction of sp³-hybridized carbons (Fsp3) is 0.625. The van der Waals surface area contributed by atoms with E-state index in [1.54, 1.807) is 34.8 Å². The third-order valence-corrected chi connectivity index (χ3v) is 21.8. The molecule has 17 heteroatoms. The van der Waals surface area contributed by atoms with Crippen molar-refractivity contribution in [3.05, 3.63) is 75.3 Å². The van der Waals surface area contributed by atoms with E-state index < -0.39 is 36.7 Å². The molecule has 0 aromatic heterocycles. The fourth-order valence-electron chi connectivity index (χ4n) is 14.9. The molecule has 0 amide bonds. The zero-order chi connectivity index (χ0) is 56.9. The summed E-state index contributed by atoms with van der Waals surface area (Å²) in [6, 6.07) is 10.7. The van der Waals surface area contributed by atoms with Gasteiger partial charge in [-0.15, -0.1) is 0 Å². The third-order valence-electron chi connectivity index (χ3n) is 19.3. The molecule has 4 aliphatic heterocycles. The lowest BCUT2D eigenvalue weighted by atomic mass is 9.57. The molecule has 15 nitrogen and oxygen atoms in total. The summed E-state index contributed by atoms with van der Waals surface area (Å²) in [6.45, 7) is 3.61. The van der Waals surface area contributed by atoms with Crippen LogP contribution in [-0.2, 0) is 48.1 Å². The number of carbonyl (C=O) groups excluding carboxylic acids is 1. The number of rotatable bonds is 8. The van der Waals surface area contributed by atoms with E-state index in [-0.39, 0.29) is 97.0 Å². The van der Waals surface area contributed by atoms with Crippen LogP contribution in [0.2, 0.25) is 0 Å². The number of hydrogen-bond acceptors (Lipinski definition) is 17. The van der Waals surface area contributed by atoms with E-state index in [2.05, 4.69) is 60.3 Å². The second-order valence-electron chi connectivity index (χ2n) is 24.8. The lowest BCUT2D eigenvalue weighted by Gasteiger charge is -2.52. The number of fused-ring (bicyclic) bond motifs is 8. The number of hydrogen-bond donors (Lipinski definition) is 9. The summed E-state index contributed by atoms with van der Waals surface area (Å²) in [5, 5.41) is 73.5. The number of ether oxygens (including phenoxy) is 4. The smallest absolute Gasteiger partial charge is 0.201 e. The van der Waals surface area contributed by atoms with Crippen LogP contribution >= 0.6 is 21.6 Å². The quantitative estimate of drug-likeness (QED) is 0.0594. The maximum absolute atomic E-state index is 13.5. The maximum Gasteiger partial charge on any atom is 0.201 e. The van der Waals surface area contributed by atoms with Gasteiger partial charge in [-0.3, -0.25) is 10.1 Å². The Hall–Kier alpha value is -4.82. The van der Waals surface area contributed by atoms with Crippen molar-refractivity contribution in [1.29, 1.82) is 0 Å². The molecule has 2 fully saturated rings.